The van der Waals surface area contributed by atoms with E-state index in [0.717, 1.165) is 5.56 Å². The molecule has 0 saturated heterocycles. The van der Waals surface area contributed by atoms with Crippen LogP contribution in [0.3, 0.4) is 0 Å². The highest BCUT2D eigenvalue weighted by molar-refractivity contribution is 8.93. The van der Waals surface area contributed by atoms with Crippen LogP contribution in [0.4, 0.5) is 0 Å². The fraction of sp³-hybridized carbons (Fsp3) is 0.538. The average molecular weight is 387 g/mol. The van der Waals surface area contributed by atoms with E-state index < -0.39 is 19.0 Å². The summed E-state index contributed by atoms with van der Waals surface area (Å²) < 4.78 is 11.9. The summed E-state index contributed by atoms with van der Waals surface area (Å²) in [5, 5.41) is 9.81. The summed E-state index contributed by atoms with van der Waals surface area (Å²) in [6.07, 6.45) is -0.415. The van der Waals surface area contributed by atoms with Gasteiger partial charge in [0.1, 0.15) is 0 Å². The number of aliphatic hydroxyl groups is 1. The van der Waals surface area contributed by atoms with Gasteiger partial charge in [-0.3, -0.25) is 4.57 Å². The normalized spacial score (nSPS) is 18.5. The summed E-state index contributed by atoms with van der Waals surface area (Å²) in [5.74, 6) is 0. The first-order valence-corrected chi connectivity index (χ1v) is 8.57. The molecule has 0 aromatic heterocycles. The van der Waals surface area contributed by atoms with Crippen molar-refractivity contribution in [2.24, 2.45) is 5.73 Å². The second kappa shape index (κ2) is 7.92. The zero-order valence-electron chi connectivity index (χ0n) is 11.6. The van der Waals surface area contributed by atoms with Gasteiger partial charge in [-0.25, -0.2) is 0 Å². The Bertz CT molecular complexity index is 465. The van der Waals surface area contributed by atoms with E-state index in [9.17, 15) is 14.6 Å². The van der Waals surface area contributed by atoms with E-state index in [1.807, 2.05) is 19.1 Å². The van der Waals surface area contributed by atoms with Gasteiger partial charge in [0.2, 0.25) is 7.37 Å². The summed E-state index contributed by atoms with van der Waals surface area (Å²) in [5.41, 5.74) is 6.36. The van der Waals surface area contributed by atoms with Crippen molar-refractivity contribution in [1.29, 1.82) is 0 Å². The number of hydrogen-bond donors (Lipinski definition) is 3. The highest BCUT2D eigenvalue weighted by Crippen LogP contribution is 2.43. The van der Waals surface area contributed by atoms with Crippen LogP contribution in [0.15, 0.2) is 24.3 Å². The van der Waals surface area contributed by atoms with E-state index in [0.29, 0.717) is 11.4 Å². The Kier molecular flexibility index (Phi) is 7.96. The Morgan fingerprint density at radius 2 is 1.90 bits per heavy atom. The average Bonchev–Trinajstić information content (AvgIpc) is 2.26. The van der Waals surface area contributed by atoms with E-state index in [-0.39, 0.29) is 29.3 Å². The fourth-order valence-electron chi connectivity index (χ4n) is 1.89. The molecule has 3 unspecified atom stereocenters. The van der Waals surface area contributed by atoms with Gasteiger partial charge in [0, 0.05) is 16.7 Å². The molecule has 0 amide bonds. The Balaban J connectivity index is 0.00000361. The Morgan fingerprint density at radius 1 is 1.40 bits per heavy atom. The smallest absolute Gasteiger partial charge is 0.203 e. The number of benzene rings is 1. The lowest BCUT2D eigenvalue weighted by atomic mass is 9.91. The minimum absolute atomic E-state index is 0. The lowest BCUT2D eigenvalue weighted by Gasteiger charge is -2.26. The molecule has 0 aliphatic heterocycles. The number of nitrogens with two attached hydrogens (primary N) is 1. The third kappa shape index (κ3) is 6.70. The molecule has 0 radical (unpaired) electrons. The van der Waals surface area contributed by atoms with Gasteiger partial charge in [-0.05, 0) is 38.0 Å². The van der Waals surface area contributed by atoms with Crippen LogP contribution in [0.25, 0.3) is 0 Å². The van der Waals surface area contributed by atoms with Crippen LogP contribution in [0, 0.1) is 0 Å². The van der Waals surface area contributed by atoms with Gasteiger partial charge >= 0.3 is 0 Å². The van der Waals surface area contributed by atoms with E-state index in [4.69, 9.17) is 17.3 Å². The third-order valence-electron chi connectivity index (χ3n) is 3.03. The van der Waals surface area contributed by atoms with Crippen LogP contribution in [-0.2, 0) is 10.1 Å². The summed E-state index contributed by atoms with van der Waals surface area (Å²) in [6, 6.07) is 7.13. The Labute approximate surface area is 135 Å². The molecule has 0 saturated carbocycles. The molecule has 7 heteroatoms. The van der Waals surface area contributed by atoms with Crippen molar-refractivity contribution in [2.75, 3.05) is 12.3 Å². The fourth-order valence-corrected chi connectivity index (χ4v) is 3.83. The minimum Gasteiger partial charge on any atom is -0.393 e. The number of halogens is 2. The van der Waals surface area contributed by atoms with E-state index in [2.05, 4.69) is 0 Å². The minimum atomic E-state index is -3.33. The first kappa shape index (κ1) is 20.1. The maximum absolute atomic E-state index is 11.9. The molecule has 0 aliphatic rings. The summed E-state index contributed by atoms with van der Waals surface area (Å²) in [4.78, 5) is 9.76. The molecule has 4 nitrogen and oxygen atoms in total. The van der Waals surface area contributed by atoms with Crippen molar-refractivity contribution in [2.45, 2.75) is 31.9 Å². The van der Waals surface area contributed by atoms with Crippen LogP contribution in [0.5, 0.6) is 0 Å². The SMILES string of the molecule is Br.CC(O)CP(=O)(O)CCC(C)(N)c1ccc(Cl)cc1. The summed E-state index contributed by atoms with van der Waals surface area (Å²) >= 11 is 5.82. The highest BCUT2D eigenvalue weighted by Gasteiger charge is 2.27. The molecule has 1 aromatic rings. The van der Waals surface area contributed by atoms with Gasteiger partial charge in [-0.15, -0.1) is 17.0 Å². The maximum atomic E-state index is 11.9. The predicted octanol–water partition coefficient (Wildman–Crippen LogP) is 3.13. The second-order valence-electron chi connectivity index (χ2n) is 5.28. The molecule has 4 N–H and O–H groups in total. The highest BCUT2D eigenvalue weighted by atomic mass is 79.9. The van der Waals surface area contributed by atoms with Gasteiger partial charge < -0.3 is 15.7 Å². The van der Waals surface area contributed by atoms with Crippen molar-refractivity contribution in [3.63, 3.8) is 0 Å². The topological polar surface area (TPSA) is 83.5 Å². The molecule has 0 aliphatic carbocycles. The van der Waals surface area contributed by atoms with Gasteiger partial charge in [0.05, 0.1) is 12.3 Å². The van der Waals surface area contributed by atoms with Crippen molar-refractivity contribution >= 4 is 36.0 Å². The molecule has 0 bridgehead atoms. The summed E-state index contributed by atoms with van der Waals surface area (Å²) in [6.45, 7) is 3.32. The second-order valence-corrected chi connectivity index (χ2v) is 8.22. The van der Waals surface area contributed by atoms with E-state index in [1.165, 1.54) is 6.92 Å². The third-order valence-corrected chi connectivity index (χ3v) is 5.31. The molecular formula is C13H22BrClNO3P. The lowest BCUT2D eigenvalue weighted by Crippen LogP contribution is -2.34. The lowest BCUT2D eigenvalue weighted by molar-refractivity contribution is 0.214. The van der Waals surface area contributed by atoms with Crippen LogP contribution in [-0.4, -0.2) is 28.4 Å². The van der Waals surface area contributed by atoms with Gasteiger partial charge in [0.25, 0.3) is 0 Å². The number of rotatable bonds is 6. The number of hydrogen-bond acceptors (Lipinski definition) is 3. The van der Waals surface area contributed by atoms with E-state index >= 15 is 0 Å². The molecule has 116 valence electrons. The Hall–Kier alpha value is 0.1000. The van der Waals surface area contributed by atoms with Gasteiger partial charge in [0.15, 0.2) is 0 Å². The van der Waals surface area contributed by atoms with Crippen LogP contribution >= 0.6 is 36.0 Å². The maximum Gasteiger partial charge on any atom is 0.203 e. The molecule has 0 fully saturated rings. The first-order chi connectivity index (χ1) is 8.62. The molecule has 3 atom stereocenters. The Morgan fingerprint density at radius 3 is 2.35 bits per heavy atom. The van der Waals surface area contributed by atoms with Crippen LogP contribution in [0.1, 0.15) is 25.8 Å². The molecule has 0 spiro atoms. The van der Waals surface area contributed by atoms with Crippen molar-refractivity contribution in [3.8, 4) is 0 Å². The zero-order chi connectivity index (χ0) is 14.7. The van der Waals surface area contributed by atoms with Crippen molar-refractivity contribution in [3.05, 3.63) is 34.9 Å². The van der Waals surface area contributed by atoms with Gasteiger partial charge in [-0.2, -0.15) is 0 Å². The molecule has 1 rings (SSSR count). The summed E-state index contributed by atoms with van der Waals surface area (Å²) in [7, 11) is -3.33. The standard InChI is InChI=1S/C13H21ClNO3P.BrH/c1-10(16)9-19(17,18)8-7-13(2,15)11-3-5-12(14)6-4-11;/h3-6,10,16H,7-9,15H2,1-2H3,(H,17,18);1H. The number of aliphatic hydroxyl groups excluding tert-OH is 1. The quantitative estimate of drug-likeness (QED) is 0.656. The predicted molar refractivity (Wildman–Crippen MR) is 89.2 cm³/mol. The van der Waals surface area contributed by atoms with Gasteiger partial charge in [-0.1, -0.05) is 23.7 Å². The first-order valence-electron chi connectivity index (χ1n) is 6.16. The molecule has 1 aromatic carbocycles. The molecular weight excluding hydrogens is 364 g/mol. The van der Waals surface area contributed by atoms with E-state index in [1.54, 1.807) is 12.1 Å². The van der Waals surface area contributed by atoms with Crippen LogP contribution in [0.2, 0.25) is 5.02 Å². The molecule has 20 heavy (non-hydrogen) atoms. The largest absolute Gasteiger partial charge is 0.393 e. The zero-order valence-corrected chi connectivity index (χ0v) is 15.0. The monoisotopic (exact) mass is 385 g/mol. The van der Waals surface area contributed by atoms with Crippen molar-refractivity contribution in [1.82, 2.24) is 0 Å². The van der Waals surface area contributed by atoms with Crippen LogP contribution < -0.4 is 5.73 Å². The molecule has 0 heterocycles. The van der Waals surface area contributed by atoms with Crippen molar-refractivity contribution < 1.29 is 14.6 Å².